The Morgan fingerprint density at radius 1 is 1.40 bits per heavy atom. The number of nitrogens with zero attached hydrogens (tertiary/aromatic N) is 3. The maximum absolute atomic E-state index is 9.27. The molecule has 0 amide bonds. The molecule has 1 aromatic carbocycles. The molecule has 1 saturated carbocycles. The van der Waals surface area contributed by atoms with Gasteiger partial charge < -0.3 is 4.57 Å². The maximum atomic E-state index is 9.27. The van der Waals surface area contributed by atoms with Gasteiger partial charge >= 0.3 is 0 Å². The monoisotopic (exact) mass is 287 g/mol. The minimum absolute atomic E-state index is 0.0707. The highest BCUT2D eigenvalue weighted by Gasteiger charge is 2.35. The normalized spacial score (nSPS) is 19.1. The molecule has 1 aliphatic carbocycles. The van der Waals surface area contributed by atoms with Crippen LogP contribution < -0.4 is 0 Å². The second-order valence-electron chi connectivity index (χ2n) is 5.91. The van der Waals surface area contributed by atoms with E-state index in [0.717, 1.165) is 29.7 Å². The summed E-state index contributed by atoms with van der Waals surface area (Å²) in [7, 11) is 0. The van der Waals surface area contributed by atoms with Crippen LogP contribution in [-0.2, 0) is 5.54 Å². The van der Waals surface area contributed by atoms with Gasteiger partial charge in [0.05, 0.1) is 16.5 Å². The number of aromatic nitrogens is 2. The predicted molar refractivity (Wildman–Crippen MR) is 80.8 cm³/mol. The van der Waals surface area contributed by atoms with E-state index in [1.807, 2.05) is 19.1 Å². The van der Waals surface area contributed by atoms with Crippen molar-refractivity contribution in [1.82, 2.24) is 9.55 Å². The highest BCUT2D eigenvalue weighted by atomic mass is 35.5. The smallest absolute Gasteiger partial charge is 0.128 e. The topological polar surface area (TPSA) is 41.6 Å². The van der Waals surface area contributed by atoms with E-state index in [0.29, 0.717) is 5.56 Å². The third-order valence-corrected chi connectivity index (χ3v) is 4.60. The van der Waals surface area contributed by atoms with Crippen LogP contribution in [0.2, 0.25) is 0 Å². The van der Waals surface area contributed by atoms with Gasteiger partial charge in [0, 0.05) is 5.54 Å². The first-order valence-corrected chi connectivity index (χ1v) is 7.56. The molecule has 1 fully saturated rings. The summed E-state index contributed by atoms with van der Waals surface area (Å²) in [6.07, 6.45) is 4.77. The van der Waals surface area contributed by atoms with Crippen molar-refractivity contribution >= 4 is 22.6 Å². The van der Waals surface area contributed by atoms with Crippen molar-refractivity contribution in [1.29, 1.82) is 5.26 Å². The fraction of sp³-hybridized carbons (Fsp3) is 0.500. The largest absolute Gasteiger partial charge is 0.321 e. The van der Waals surface area contributed by atoms with Crippen molar-refractivity contribution in [2.75, 3.05) is 0 Å². The van der Waals surface area contributed by atoms with Gasteiger partial charge in [-0.1, -0.05) is 18.9 Å². The van der Waals surface area contributed by atoms with E-state index in [9.17, 15) is 5.26 Å². The molecule has 0 N–H and O–H groups in total. The van der Waals surface area contributed by atoms with Gasteiger partial charge in [-0.15, -0.1) is 11.6 Å². The van der Waals surface area contributed by atoms with Crippen molar-refractivity contribution in [3.63, 3.8) is 0 Å². The van der Waals surface area contributed by atoms with Crippen molar-refractivity contribution in [2.45, 2.75) is 50.4 Å². The summed E-state index contributed by atoms with van der Waals surface area (Å²) in [5.41, 5.74) is 2.52. The zero-order valence-corrected chi connectivity index (χ0v) is 12.6. The Balaban J connectivity index is 2.34. The molecule has 0 radical (unpaired) electrons. The van der Waals surface area contributed by atoms with Crippen molar-refractivity contribution in [2.24, 2.45) is 0 Å². The first-order chi connectivity index (χ1) is 9.57. The lowest BCUT2D eigenvalue weighted by atomic mass is 9.99. The molecule has 1 aromatic heterocycles. The van der Waals surface area contributed by atoms with Crippen LogP contribution >= 0.6 is 11.6 Å². The van der Waals surface area contributed by atoms with E-state index >= 15 is 0 Å². The maximum Gasteiger partial charge on any atom is 0.128 e. The molecule has 1 unspecified atom stereocenters. The highest BCUT2D eigenvalue weighted by Crippen LogP contribution is 2.41. The van der Waals surface area contributed by atoms with Crippen LogP contribution in [0.1, 0.15) is 56.3 Å². The molecule has 0 bridgehead atoms. The molecule has 0 spiro atoms. The highest BCUT2D eigenvalue weighted by molar-refractivity contribution is 6.20. The third kappa shape index (κ3) is 1.91. The molecule has 4 heteroatoms. The fourth-order valence-electron chi connectivity index (χ4n) is 3.40. The summed E-state index contributed by atoms with van der Waals surface area (Å²) in [6.45, 7) is 4.23. The minimum Gasteiger partial charge on any atom is -0.321 e. The number of alkyl halides is 1. The first kappa shape index (κ1) is 13.5. The lowest BCUT2D eigenvalue weighted by molar-refractivity contribution is 0.328. The molecular weight excluding hydrogens is 270 g/mol. The number of fused-ring (bicyclic) bond motifs is 1. The molecule has 104 valence electrons. The Bertz CT molecular complexity index is 688. The molecule has 20 heavy (non-hydrogen) atoms. The van der Waals surface area contributed by atoms with Gasteiger partial charge in [0.25, 0.3) is 0 Å². The number of halogens is 1. The zero-order chi connectivity index (χ0) is 14.3. The van der Waals surface area contributed by atoms with Gasteiger partial charge in [0.1, 0.15) is 17.4 Å². The van der Waals surface area contributed by atoms with E-state index in [-0.39, 0.29) is 10.9 Å². The van der Waals surface area contributed by atoms with Crippen LogP contribution in [0.5, 0.6) is 0 Å². The third-order valence-electron chi connectivity index (χ3n) is 4.41. The summed E-state index contributed by atoms with van der Waals surface area (Å²) in [6, 6.07) is 8.03. The van der Waals surface area contributed by atoms with Crippen LogP contribution in [0.25, 0.3) is 11.0 Å². The van der Waals surface area contributed by atoms with Crippen LogP contribution in [0.3, 0.4) is 0 Å². The fourth-order valence-corrected chi connectivity index (χ4v) is 3.55. The number of benzene rings is 1. The van der Waals surface area contributed by atoms with Crippen molar-refractivity contribution in [3.05, 3.63) is 29.6 Å². The number of para-hydroxylation sites is 1. The second kappa shape index (κ2) is 4.79. The number of imidazole rings is 1. The van der Waals surface area contributed by atoms with Gasteiger partial charge in [-0.05, 0) is 38.8 Å². The molecule has 1 aliphatic rings. The summed E-state index contributed by atoms with van der Waals surface area (Å²) >= 11 is 6.35. The van der Waals surface area contributed by atoms with Gasteiger partial charge in [0.2, 0.25) is 0 Å². The lowest BCUT2D eigenvalue weighted by Crippen LogP contribution is -2.28. The number of hydrogen-bond acceptors (Lipinski definition) is 2. The zero-order valence-electron chi connectivity index (χ0n) is 11.9. The summed E-state index contributed by atoms with van der Waals surface area (Å²) in [5, 5.41) is 9.11. The van der Waals surface area contributed by atoms with Crippen molar-refractivity contribution < 1.29 is 0 Å². The van der Waals surface area contributed by atoms with E-state index in [4.69, 9.17) is 11.6 Å². The minimum atomic E-state index is -0.161. The van der Waals surface area contributed by atoms with Gasteiger partial charge in [-0.25, -0.2) is 4.98 Å². The predicted octanol–water partition coefficient (Wildman–Crippen LogP) is 4.50. The van der Waals surface area contributed by atoms with Crippen LogP contribution in [0, 0.1) is 11.3 Å². The standard InChI is InChI=1S/C16H18ClN3/c1-11(17)15-19-14-12(10-18)6-5-7-13(14)20(15)16(2)8-3-4-9-16/h5-7,11H,3-4,8-9H2,1-2H3. The summed E-state index contributed by atoms with van der Waals surface area (Å²) in [5.74, 6) is 0.883. The number of hydrogen-bond donors (Lipinski definition) is 0. The SMILES string of the molecule is CC(Cl)c1nc2c(C#N)cccc2n1C1(C)CCCC1. The van der Waals surface area contributed by atoms with Crippen molar-refractivity contribution in [3.8, 4) is 6.07 Å². The number of rotatable bonds is 2. The van der Waals surface area contributed by atoms with E-state index in [2.05, 4.69) is 28.6 Å². The lowest BCUT2D eigenvalue weighted by Gasteiger charge is -2.29. The molecule has 0 saturated heterocycles. The second-order valence-corrected chi connectivity index (χ2v) is 6.57. The summed E-state index contributed by atoms with van der Waals surface area (Å²) < 4.78 is 2.29. The Kier molecular flexibility index (Phi) is 3.22. The van der Waals surface area contributed by atoms with Crippen LogP contribution in [0.15, 0.2) is 18.2 Å². The Morgan fingerprint density at radius 3 is 2.70 bits per heavy atom. The molecule has 3 nitrogen and oxygen atoms in total. The van der Waals surface area contributed by atoms with E-state index in [1.54, 1.807) is 0 Å². The Morgan fingerprint density at radius 2 is 2.10 bits per heavy atom. The molecular formula is C16H18ClN3. The average molecular weight is 288 g/mol. The van der Waals surface area contributed by atoms with Gasteiger partial charge in [-0.3, -0.25) is 0 Å². The average Bonchev–Trinajstić information content (AvgIpc) is 3.02. The summed E-state index contributed by atoms with van der Waals surface area (Å²) in [4.78, 5) is 4.68. The molecule has 1 atom stereocenters. The van der Waals surface area contributed by atoms with Gasteiger partial charge in [0.15, 0.2) is 0 Å². The van der Waals surface area contributed by atoms with E-state index < -0.39 is 0 Å². The Labute approximate surface area is 124 Å². The molecule has 2 aromatic rings. The van der Waals surface area contributed by atoms with E-state index in [1.165, 1.54) is 12.8 Å². The molecule has 0 aliphatic heterocycles. The van der Waals surface area contributed by atoms with Crippen LogP contribution in [-0.4, -0.2) is 9.55 Å². The first-order valence-electron chi connectivity index (χ1n) is 7.13. The number of nitriles is 1. The van der Waals surface area contributed by atoms with Gasteiger partial charge in [-0.2, -0.15) is 5.26 Å². The Hall–Kier alpha value is -1.53. The van der Waals surface area contributed by atoms with Crippen LogP contribution in [0.4, 0.5) is 0 Å². The molecule has 3 rings (SSSR count). The molecule has 1 heterocycles. The quantitative estimate of drug-likeness (QED) is 0.763.